The first-order chi connectivity index (χ1) is 18.7. The molecule has 39 heavy (non-hydrogen) atoms. The molecule has 0 N–H and O–H groups in total. The van der Waals surface area contributed by atoms with Gasteiger partial charge in [-0.05, 0) is 37.6 Å². The van der Waals surface area contributed by atoms with Gasteiger partial charge in [-0.2, -0.15) is 0 Å². The predicted molar refractivity (Wildman–Crippen MR) is 143 cm³/mol. The van der Waals surface area contributed by atoms with E-state index in [0.29, 0.717) is 38.8 Å². The van der Waals surface area contributed by atoms with Gasteiger partial charge < -0.3 is 14.2 Å². The van der Waals surface area contributed by atoms with Crippen molar-refractivity contribution in [3.8, 4) is 11.5 Å². The zero-order chi connectivity index (χ0) is 28.0. The molecule has 5 rings (SSSR count). The van der Waals surface area contributed by atoms with Gasteiger partial charge in [0, 0.05) is 12.5 Å². The fraction of sp³-hybridized carbons (Fsp3) is 0.250. The summed E-state index contributed by atoms with van der Waals surface area (Å²) in [4.78, 5) is 59.1. The average Bonchev–Trinajstić information content (AvgIpc) is 3.39. The molecule has 0 unspecified atom stereocenters. The first-order valence-corrected chi connectivity index (χ1v) is 12.9. The summed E-state index contributed by atoms with van der Waals surface area (Å²) in [7, 11) is 3.00. The number of ether oxygens (including phenoxy) is 3. The molecule has 0 saturated carbocycles. The number of anilines is 1. The highest BCUT2D eigenvalue weighted by atomic mass is 32.1. The normalized spacial score (nSPS) is 17.4. The molecule has 1 atom stereocenters. The van der Waals surface area contributed by atoms with Crippen LogP contribution in [0, 0.1) is 0 Å². The van der Waals surface area contributed by atoms with Crippen molar-refractivity contribution in [3.05, 3.63) is 84.5 Å². The van der Waals surface area contributed by atoms with E-state index in [1.54, 1.807) is 56.3 Å². The zero-order valence-electron chi connectivity index (χ0n) is 21.9. The molecule has 0 saturated heterocycles. The third-order valence-electron chi connectivity index (χ3n) is 6.59. The molecular formula is C28H25N3O7S. The topological polar surface area (TPSA) is 116 Å². The van der Waals surface area contributed by atoms with Gasteiger partial charge in [-0.3, -0.25) is 19.0 Å². The van der Waals surface area contributed by atoms with Crippen LogP contribution >= 0.6 is 11.3 Å². The summed E-state index contributed by atoms with van der Waals surface area (Å²) < 4.78 is 17.7. The molecule has 0 fully saturated rings. The number of esters is 1. The molecule has 0 aliphatic carbocycles. The molecule has 2 amide bonds. The SMILES string of the molecule is CCOC(=O)C1=C(C)N=c2sc(=C3C(=O)N(C(C)=O)c4ccccc43)c(=O)n2[C@H]1c1ccc(OC)c(OC)c1. The minimum Gasteiger partial charge on any atom is -0.493 e. The van der Waals surface area contributed by atoms with Gasteiger partial charge in [0.1, 0.15) is 4.53 Å². The van der Waals surface area contributed by atoms with Gasteiger partial charge in [-0.15, -0.1) is 0 Å². The molecule has 10 nitrogen and oxygen atoms in total. The maximum atomic E-state index is 14.1. The van der Waals surface area contributed by atoms with E-state index in [1.165, 1.54) is 25.7 Å². The number of hydrogen-bond donors (Lipinski definition) is 0. The van der Waals surface area contributed by atoms with E-state index >= 15 is 0 Å². The van der Waals surface area contributed by atoms with Gasteiger partial charge in [0.15, 0.2) is 16.3 Å². The zero-order valence-corrected chi connectivity index (χ0v) is 22.8. The standard InChI is InChI=1S/C28H25N3O7S/c1-6-38-27(35)21-14(2)29-28-31(23(21)16-11-12-19(36-4)20(13-16)37-5)26(34)24(39-28)22-17-9-7-8-10-18(17)30(15(3)32)25(22)33/h7-13,23H,6H2,1-5H3/t23-/m0/s1. The molecule has 1 aromatic heterocycles. The van der Waals surface area contributed by atoms with Crippen LogP contribution in [0.15, 0.2) is 63.5 Å². The third kappa shape index (κ3) is 4.06. The van der Waals surface area contributed by atoms with Crippen molar-refractivity contribution in [2.45, 2.75) is 26.8 Å². The summed E-state index contributed by atoms with van der Waals surface area (Å²) in [5, 5.41) is 0. The van der Waals surface area contributed by atoms with Crippen LogP contribution in [-0.2, 0) is 19.1 Å². The smallest absolute Gasteiger partial charge is 0.338 e. The van der Waals surface area contributed by atoms with E-state index in [-0.39, 0.29) is 22.3 Å². The lowest BCUT2D eigenvalue weighted by atomic mass is 9.95. The number of hydrogen-bond acceptors (Lipinski definition) is 9. The van der Waals surface area contributed by atoms with E-state index in [1.807, 2.05) is 0 Å². The van der Waals surface area contributed by atoms with E-state index in [9.17, 15) is 19.2 Å². The van der Waals surface area contributed by atoms with Crippen LogP contribution in [0.2, 0.25) is 0 Å². The maximum Gasteiger partial charge on any atom is 0.338 e. The monoisotopic (exact) mass is 547 g/mol. The number of thiazole rings is 1. The number of rotatable bonds is 5. The second-order valence-electron chi connectivity index (χ2n) is 8.79. The number of allylic oxidation sites excluding steroid dienone is 1. The number of carbonyl (C=O) groups is 3. The Bertz CT molecular complexity index is 1770. The number of carbonyl (C=O) groups excluding carboxylic acids is 3. The summed E-state index contributed by atoms with van der Waals surface area (Å²) >= 11 is 1.03. The molecule has 11 heteroatoms. The van der Waals surface area contributed by atoms with Crippen molar-refractivity contribution in [1.29, 1.82) is 0 Å². The van der Waals surface area contributed by atoms with Gasteiger partial charge in [0.05, 0.1) is 49.4 Å². The van der Waals surface area contributed by atoms with Crippen LogP contribution < -0.4 is 29.3 Å². The number of methoxy groups -OCH3 is 2. The molecule has 0 bridgehead atoms. The van der Waals surface area contributed by atoms with Gasteiger partial charge in [-0.1, -0.05) is 35.6 Å². The molecule has 200 valence electrons. The Morgan fingerprint density at radius 2 is 1.77 bits per heavy atom. The van der Waals surface area contributed by atoms with Crippen molar-refractivity contribution in [3.63, 3.8) is 0 Å². The van der Waals surface area contributed by atoms with Gasteiger partial charge >= 0.3 is 5.97 Å². The summed E-state index contributed by atoms with van der Waals surface area (Å²) in [5.74, 6) is -0.764. The van der Waals surface area contributed by atoms with Crippen molar-refractivity contribution in [1.82, 2.24) is 4.57 Å². The Morgan fingerprint density at radius 1 is 1.05 bits per heavy atom. The summed E-state index contributed by atoms with van der Waals surface area (Å²) in [6, 6.07) is 11.0. The number of para-hydroxylation sites is 1. The predicted octanol–water partition coefficient (Wildman–Crippen LogP) is 2.08. The highest BCUT2D eigenvalue weighted by molar-refractivity contribution is 7.07. The Balaban J connectivity index is 1.83. The second-order valence-corrected chi connectivity index (χ2v) is 9.77. The third-order valence-corrected chi connectivity index (χ3v) is 7.64. The molecule has 3 aromatic rings. The summed E-state index contributed by atoms with van der Waals surface area (Å²) in [6.45, 7) is 4.80. The highest BCUT2D eigenvalue weighted by Crippen LogP contribution is 2.37. The first kappa shape index (κ1) is 26.1. The van der Waals surface area contributed by atoms with E-state index in [4.69, 9.17) is 14.2 Å². The van der Waals surface area contributed by atoms with Crippen molar-refractivity contribution < 1.29 is 28.6 Å². The second kappa shape index (κ2) is 9.99. The van der Waals surface area contributed by atoms with Crippen LogP contribution in [0.3, 0.4) is 0 Å². The van der Waals surface area contributed by atoms with Gasteiger partial charge in [0.2, 0.25) is 5.91 Å². The maximum absolute atomic E-state index is 14.1. The molecule has 2 aliphatic rings. The lowest BCUT2D eigenvalue weighted by Gasteiger charge is -2.25. The van der Waals surface area contributed by atoms with E-state index in [2.05, 4.69) is 4.99 Å². The lowest BCUT2D eigenvalue weighted by molar-refractivity contribution is -0.139. The largest absolute Gasteiger partial charge is 0.493 e. The molecule has 0 spiro atoms. The minimum absolute atomic E-state index is 0.120. The highest BCUT2D eigenvalue weighted by Gasteiger charge is 2.38. The number of aromatic nitrogens is 1. The van der Waals surface area contributed by atoms with Crippen molar-refractivity contribution >= 4 is 40.4 Å². The number of benzene rings is 2. The molecular weight excluding hydrogens is 522 g/mol. The molecule has 2 aliphatic heterocycles. The van der Waals surface area contributed by atoms with Crippen LogP contribution in [0.1, 0.15) is 37.9 Å². The van der Waals surface area contributed by atoms with Gasteiger partial charge in [-0.25, -0.2) is 14.7 Å². The van der Waals surface area contributed by atoms with Crippen LogP contribution in [0.25, 0.3) is 5.57 Å². The fourth-order valence-corrected chi connectivity index (χ4v) is 6.07. The van der Waals surface area contributed by atoms with Crippen LogP contribution in [0.5, 0.6) is 11.5 Å². The van der Waals surface area contributed by atoms with Crippen molar-refractivity contribution in [2.24, 2.45) is 4.99 Å². The van der Waals surface area contributed by atoms with Crippen LogP contribution in [0.4, 0.5) is 5.69 Å². The Labute approximate surface area is 227 Å². The Hall–Kier alpha value is -4.51. The summed E-state index contributed by atoms with van der Waals surface area (Å²) in [5.41, 5.74) is 1.63. The number of imide groups is 1. The number of amides is 2. The minimum atomic E-state index is -0.912. The Kier molecular flexibility index (Phi) is 6.69. The quantitative estimate of drug-likeness (QED) is 0.449. The Morgan fingerprint density at radius 3 is 2.44 bits per heavy atom. The summed E-state index contributed by atoms with van der Waals surface area (Å²) in [6.07, 6.45) is 0. The number of fused-ring (bicyclic) bond motifs is 2. The average molecular weight is 548 g/mol. The molecule has 3 heterocycles. The van der Waals surface area contributed by atoms with Gasteiger partial charge in [0.25, 0.3) is 11.5 Å². The lowest BCUT2D eigenvalue weighted by Crippen LogP contribution is -2.41. The van der Waals surface area contributed by atoms with E-state index < -0.39 is 29.4 Å². The molecule has 2 aromatic carbocycles. The first-order valence-electron chi connectivity index (χ1n) is 12.1. The fourth-order valence-electron chi connectivity index (χ4n) is 4.93. The molecule has 0 radical (unpaired) electrons. The van der Waals surface area contributed by atoms with E-state index in [0.717, 1.165) is 16.2 Å². The van der Waals surface area contributed by atoms with Crippen molar-refractivity contribution in [2.75, 3.05) is 25.7 Å². The van der Waals surface area contributed by atoms with Crippen LogP contribution in [-0.4, -0.2) is 43.2 Å². The number of nitrogens with zero attached hydrogens (tertiary/aromatic N) is 3.